The molecule has 1 aliphatic heterocycles. The summed E-state index contributed by atoms with van der Waals surface area (Å²) >= 11 is 1.51. The summed E-state index contributed by atoms with van der Waals surface area (Å²) in [4.78, 5) is 46.4. The smallest absolute Gasteiger partial charge is 0.433 e. The van der Waals surface area contributed by atoms with Gasteiger partial charge in [0.1, 0.15) is 5.69 Å². The summed E-state index contributed by atoms with van der Waals surface area (Å²) in [6, 6.07) is 19.3. The first-order valence-corrected chi connectivity index (χ1v) is 25.2. The first-order chi connectivity index (χ1) is 34.3. The van der Waals surface area contributed by atoms with Gasteiger partial charge in [-0.1, -0.05) is 85.5 Å². The Balaban J connectivity index is 0.000000264. The van der Waals surface area contributed by atoms with E-state index >= 15 is 0 Å². The van der Waals surface area contributed by atoms with E-state index in [1.807, 2.05) is 107 Å². The van der Waals surface area contributed by atoms with Crippen molar-refractivity contribution in [1.82, 2.24) is 15.0 Å². The number of rotatable bonds is 7. The van der Waals surface area contributed by atoms with Gasteiger partial charge in [0.2, 0.25) is 5.95 Å². The average Bonchev–Trinajstić information content (AvgIpc) is 3.29. The Kier molecular flexibility index (Phi) is 19.6. The molecule has 396 valence electrons. The molecule has 0 saturated heterocycles. The number of benzene rings is 4. The maximum absolute atomic E-state index is 14.6. The number of pyridine rings is 3. The summed E-state index contributed by atoms with van der Waals surface area (Å²) in [5.74, 6) is -2.38. The number of halogens is 4. The molecule has 0 radical (unpaired) electrons. The molecule has 0 spiro atoms. The fraction of sp³-hybridized carbons (Fsp3) is 0.362. The number of nitrogens with zero attached hydrogens (tertiary/aromatic N) is 3. The fourth-order valence-corrected chi connectivity index (χ4v) is 9.24. The summed E-state index contributed by atoms with van der Waals surface area (Å²) in [5.41, 5.74) is 10.5. The predicted molar refractivity (Wildman–Crippen MR) is 291 cm³/mol. The molecule has 0 aliphatic carbocycles. The third-order valence-corrected chi connectivity index (χ3v) is 12.3. The Bertz CT molecular complexity index is 3210. The molecule has 1 aliphatic rings. The van der Waals surface area contributed by atoms with Crippen LogP contribution in [0, 0.1) is 47.5 Å². The van der Waals surface area contributed by atoms with E-state index in [4.69, 9.17) is 10.2 Å². The molecule has 5 N–H and O–H groups in total. The number of carbonyl (C=O) groups is 2. The van der Waals surface area contributed by atoms with Crippen molar-refractivity contribution in [1.29, 1.82) is 0 Å². The minimum atomic E-state index is -4.67. The van der Waals surface area contributed by atoms with Gasteiger partial charge in [0, 0.05) is 29.0 Å². The Morgan fingerprint density at radius 3 is 1.59 bits per heavy atom. The minimum absolute atomic E-state index is 0.0360. The molecule has 11 nitrogen and oxygen atoms in total. The number of fused-ring (bicyclic) bond motifs is 6. The van der Waals surface area contributed by atoms with E-state index in [1.54, 1.807) is 55.4 Å². The zero-order chi connectivity index (χ0) is 55.9. The molecule has 8 rings (SSSR count). The number of aryl methyl sites for hydroxylation is 4. The van der Waals surface area contributed by atoms with Gasteiger partial charge >= 0.3 is 18.1 Å². The van der Waals surface area contributed by atoms with Crippen LogP contribution in [0.15, 0.2) is 77.7 Å². The van der Waals surface area contributed by atoms with Crippen LogP contribution in [0.5, 0.6) is 0 Å². The molecular weight excluding hydrogens is 973 g/mol. The van der Waals surface area contributed by atoms with Crippen molar-refractivity contribution in [3.8, 4) is 33.4 Å². The second kappa shape index (κ2) is 24.2. The number of aromatic amines is 1. The van der Waals surface area contributed by atoms with Crippen LogP contribution in [0.25, 0.3) is 55.2 Å². The Hall–Kier alpha value is -6.62. The third kappa shape index (κ3) is 14.6. The molecule has 4 heterocycles. The Morgan fingerprint density at radius 1 is 0.689 bits per heavy atom. The molecule has 4 aromatic carbocycles. The van der Waals surface area contributed by atoms with Crippen LogP contribution in [-0.4, -0.2) is 64.8 Å². The molecule has 0 amide bonds. The molecule has 74 heavy (non-hydrogen) atoms. The molecule has 0 fully saturated rings. The van der Waals surface area contributed by atoms with Crippen molar-refractivity contribution in [2.24, 2.45) is 0 Å². The van der Waals surface area contributed by atoms with Crippen LogP contribution < -0.4 is 9.86 Å². The van der Waals surface area contributed by atoms with Crippen molar-refractivity contribution in [2.75, 3.05) is 10.6 Å². The van der Waals surface area contributed by atoms with Crippen molar-refractivity contribution in [3.63, 3.8) is 0 Å². The van der Waals surface area contributed by atoms with Gasteiger partial charge in [-0.2, -0.15) is 17.6 Å². The lowest BCUT2D eigenvalue weighted by Gasteiger charge is -2.35. The molecule has 3 aromatic heterocycles. The van der Waals surface area contributed by atoms with Gasteiger partial charge in [0.05, 0.1) is 52.7 Å². The summed E-state index contributed by atoms with van der Waals surface area (Å²) in [6.07, 6.45) is -1.60. The molecule has 0 saturated carbocycles. The molecule has 7 aromatic rings. The normalized spacial score (nSPS) is 11.9. The molecule has 16 heteroatoms. The summed E-state index contributed by atoms with van der Waals surface area (Å²) in [7, 11) is 0. The SMILES string of the molecule is CC.CC(C)(C)O.CC(C)(C)O.CSN1Cc2c(ccnc2F)-c2c(C)c(-c3ccc(C)cc3)c(CC(=O)O)c(C)c21.Cc1ccc(-c2c(CC(=O)O)c(C)c3[nH]c(=O)c4ccc(C(F)(F)F)nc4c3c2C)cc1. The van der Waals surface area contributed by atoms with E-state index in [-0.39, 0.29) is 23.7 Å². The predicted octanol–water partition coefficient (Wildman–Crippen LogP) is 13.6. The number of aromatic nitrogens is 3. The summed E-state index contributed by atoms with van der Waals surface area (Å²) in [6.45, 7) is 26.1. The van der Waals surface area contributed by atoms with E-state index in [2.05, 4.69) is 15.0 Å². The molecule has 0 bridgehead atoms. The second-order valence-corrected chi connectivity index (χ2v) is 20.6. The molecule has 0 atom stereocenters. The fourth-order valence-electron chi connectivity index (χ4n) is 8.57. The number of nitrogens with one attached hydrogen (secondary N) is 1. The third-order valence-electron chi connectivity index (χ3n) is 11.5. The first-order valence-electron chi connectivity index (χ1n) is 24.0. The lowest BCUT2D eigenvalue weighted by Crippen LogP contribution is -2.23. The van der Waals surface area contributed by atoms with Crippen LogP contribution in [0.2, 0.25) is 0 Å². The van der Waals surface area contributed by atoms with Crippen LogP contribution in [-0.2, 0) is 35.2 Å². The van der Waals surface area contributed by atoms with Crippen LogP contribution in [0.3, 0.4) is 0 Å². The number of anilines is 1. The highest BCUT2D eigenvalue weighted by Crippen LogP contribution is 2.50. The van der Waals surface area contributed by atoms with Gasteiger partial charge in [0.25, 0.3) is 5.56 Å². The molecular formula is C58H68F4N4O7S. The van der Waals surface area contributed by atoms with E-state index in [0.717, 1.165) is 73.5 Å². The van der Waals surface area contributed by atoms with Crippen LogP contribution in [0.1, 0.15) is 111 Å². The first kappa shape index (κ1) is 59.9. The number of carboxylic acid groups (broad SMARTS) is 2. The average molecular weight is 1040 g/mol. The van der Waals surface area contributed by atoms with Gasteiger partial charge in [0.15, 0.2) is 0 Å². The highest BCUT2D eigenvalue weighted by molar-refractivity contribution is 7.99. The Morgan fingerprint density at radius 2 is 1.15 bits per heavy atom. The van der Waals surface area contributed by atoms with Gasteiger partial charge in [-0.25, -0.2) is 9.97 Å². The summed E-state index contributed by atoms with van der Waals surface area (Å²) in [5, 5.41) is 36.6. The lowest BCUT2D eigenvalue weighted by atomic mass is 9.81. The van der Waals surface area contributed by atoms with Gasteiger partial charge in [-0.15, -0.1) is 0 Å². The monoisotopic (exact) mass is 1040 g/mol. The van der Waals surface area contributed by atoms with E-state index in [9.17, 15) is 42.2 Å². The number of aliphatic carboxylic acids is 2. The van der Waals surface area contributed by atoms with Crippen molar-refractivity contribution in [3.05, 3.63) is 145 Å². The number of hydrogen-bond donors (Lipinski definition) is 5. The largest absolute Gasteiger partial charge is 0.481 e. The topological polar surface area (TPSA) is 177 Å². The number of hydrogen-bond acceptors (Lipinski definition) is 9. The second-order valence-electron chi connectivity index (χ2n) is 19.8. The number of aliphatic hydroxyl groups is 2. The number of H-pyrrole nitrogens is 1. The van der Waals surface area contributed by atoms with Crippen molar-refractivity contribution >= 4 is 51.4 Å². The van der Waals surface area contributed by atoms with Crippen molar-refractivity contribution < 1.29 is 47.6 Å². The number of alkyl halides is 3. The zero-order valence-corrected chi connectivity index (χ0v) is 45.6. The van der Waals surface area contributed by atoms with Gasteiger partial charge in [-0.3, -0.25) is 14.4 Å². The maximum atomic E-state index is 14.6. The van der Waals surface area contributed by atoms with Gasteiger partial charge < -0.3 is 29.7 Å². The quantitative estimate of drug-likeness (QED) is 0.0444. The standard InChI is InChI=1S/C24H19F3N2O3.C24H23FN2O2S.2C4H10O.C2H6/c1-11-4-6-14(7-5-11)19-13(3)20-21(12(2)16(19)10-18(30)31)29-23(32)15-8-9-17(24(25,26)27)28-22(15)20;1-13-5-7-16(8-6-13)21-15(3)22-17-9-10-26-24(25)19(17)12-27(30-4)23(22)14(2)18(21)11-20(28)29;2*1-4(2,3)5;1-2/h4-9H,10H2,1-3H3,(H,29,32)(H,30,31);5-10H,11-12H2,1-4H3,(H,28,29);2*5H,1-3H3;1-2H3. The highest BCUT2D eigenvalue weighted by atomic mass is 32.2. The van der Waals surface area contributed by atoms with Crippen LogP contribution in [0.4, 0.5) is 23.2 Å². The van der Waals surface area contributed by atoms with Crippen LogP contribution >= 0.6 is 11.9 Å². The van der Waals surface area contributed by atoms with Gasteiger partial charge in [-0.05, 0) is 162 Å². The summed E-state index contributed by atoms with van der Waals surface area (Å²) < 4.78 is 56.8. The minimum Gasteiger partial charge on any atom is -0.481 e. The lowest BCUT2D eigenvalue weighted by molar-refractivity contribution is -0.141. The maximum Gasteiger partial charge on any atom is 0.433 e. The van der Waals surface area contributed by atoms with E-state index in [0.29, 0.717) is 45.3 Å². The van der Waals surface area contributed by atoms with E-state index < -0.39 is 46.5 Å². The van der Waals surface area contributed by atoms with E-state index in [1.165, 1.54) is 18.1 Å². The zero-order valence-electron chi connectivity index (χ0n) is 44.8. The highest BCUT2D eigenvalue weighted by Gasteiger charge is 2.34. The Labute approximate surface area is 434 Å². The molecule has 0 unspecified atom stereocenters. The number of carboxylic acids is 2. The van der Waals surface area contributed by atoms with Crippen molar-refractivity contribution in [2.45, 2.75) is 134 Å².